The zero-order chi connectivity index (χ0) is 18.2. The van der Waals surface area contributed by atoms with Crippen molar-refractivity contribution in [2.24, 2.45) is 0 Å². The Kier molecular flexibility index (Phi) is 6.51. The van der Waals surface area contributed by atoms with Crippen molar-refractivity contribution < 1.29 is 14.4 Å². The van der Waals surface area contributed by atoms with Crippen LogP contribution in [-0.2, 0) is 20.8 Å². The third-order valence-electron chi connectivity index (χ3n) is 3.57. The number of hydrogen-bond acceptors (Lipinski definition) is 3. The van der Waals surface area contributed by atoms with Gasteiger partial charge in [-0.05, 0) is 30.2 Å². The van der Waals surface area contributed by atoms with E-state index in [2.05, 4.69) is 16.0 Å². The number of nitrogens with one attached hydrogen (secondary N) is 3. The quantitative estimate of drug-likeness (QED) is 0.706. The molecule has 0 aliphatic carbocycles. The first-order chi connectivity index (χ1) is 12.0. The molecule has 0 saturated carbocycles. The average molecular weight is 341 g/mol. The van der Waals surface area contributed by atoms with Crippen LogP contribution in [-0.4, -0.2) is 36.9 Å². The molecule has 25 heavy (non-hydrogen) atoms. The number of amides is 3. The van der Waals surface area contributed by atoms with Crippen LogP contribution in [0.1, 0.15) is 19.4 Å². The Morgan fingerprint density at radius 1 is 0.840 bits per heavy atom. The molecule has 2 aromatic rings. The maximum Gasteiger partial charge on any atom is 0.239 e. The van der Waals surface area contributed by atoms with Crippen molar-refractivity contribution in [2.45, 2.75) is 26.3 Å². The fraction of sp³-hybridized carbons (Fsp3) is 0.316. The molecular formula is C19H23N3O3. The van der Waals surface area contributed by atoms with Gasteiger partial charge in [0.25, 0.3) is 0 Å². The normalized spacial score (nSPS) is 10.5. The lowest BCUT2D eigenvalue weighted by Crippen LogP contribution is -2.43. The van der Waals surface area contributed by atoms with Gasteiger partial charge in [-0.25, -0.2) is 0 Å². The Labute approximate surface area is 147 Å². The molecule has 0 atom stereocenters. The number of fused-ring (bicyclic) bond motifs is 1. The smallest absolute Gasteiger partial charge is 0.239 e. The molecule has 0 fully saturated rings. The first-order valence-electron chi connectivity index (χ1n) is 8.25. The van der Waals surface area contributed by atoms with Gasteiger partial charge in [-0.3, -0.25) is 14.4 Å². The molecule has 2 aromatic carbocycles. The van der Waals surface area contributed by atoms with E-state index in [9.17, 15) is 14.4 Å². The summed E-state index contributed by atoms with van der Waals surface area (Å²) in [5, 5.41) is 9.81. The number of carbonyl (C=O) groups excluding carboxylic acids is 3. The molecule has 0 bridgehead atoms. The van der Waals surface area contributed by atoms with Crippen LogP contribution < -0.4 is 16.0 Å². The third-order valence-corrected chi connectivity index (χ3v) is 3.57. The monoisotopic (exact) mass is 341 g/mol. The Hall–Kier alpha value is -2.89. The molecule has 132 valence electrons. The SMILES string of the molecule is CC(C)NC(=O)CNC(=O)CNC(=O)Cc1cccc2ccccc12. The standard InChI is InChI=1S/C19H23N3O3/c1-13(2)22-19(25)12-21-18(24)11-20-17(23)10-15-8-5-7-14-6-3-4-9-16(14)15/h3-9,13H,10-12H2,1-2H3,(H,20,23)(H,21,24)(H,22,25). The lowest BCUT2D eigenvalue weighted by molar-refractivity contribution is -0.127. The average Bonchev–Trinajstić information content (AvgIpc) is 2.58. The van der Waals surface area contributed by atoms with Crippen LogP contribution in [0.25, 0.3) is 10.8 Å². The number of benzene rings is 2. The third kappa shape index (κ3) is 5.91. The van der Waals surface area contributed by atoms with Crippen LogP contribution in [0.15, 0.2) is 42.5 Å². The number of rotatable bonds is 7. The fourth-order valence-electron chi connectivity index (χ4n) is 2.48. The van der Waals surface area contributed by atoms with E-state index in [1.807, 2.05) is 56.3 Å². The second-order valence-electron chi connectivity index (χ2n) is 6.09. The van der Waals surface area contributed by atoms with Crippen LogP contribution in [0, 0.1) is 0 Å². The van der Waals surface area contributed by atoms with Crippen LogP contribution in [0.4, 0.5) is 0 Å². The molecule has 0 saturated heterocycles. The second-order valence-corrected chi connectivity index (χ2v) is 6.09. The Morgan fingerprint density at radius 2 is 1.48 bits per heavy atom. The molecule has 0 unspecified atom stereocenters. The summed E-state index contributed by atoms with van der Waals surface area (Å²) in [6.07, 6.45) is 0.197. The number of carbonyl (C=O) groups is 3. The van der Waals surface area contributed by atoms with Gasteiger partial charge in [-0.15, -0.1) is 0 Å². The summed E-state index contributed by atoms with van der Waals surface area (Å²) in [5.41, 5.74) is 0.910. The van der Waals surface area contributed by atoms with Gasteiger partial charge in [0.05, 0.1) is 19.5 Å². The van der Waals surface area contributed by atoms with Crippen molar-refractivity contribution >= 4 is 28.5 Å². The maximum absolute atomic E-state index is 12.1. The van der Waals surface area contributed by atoms with Gasteiger partial charge < -0.3 is 16.0 Å². The topological polar surface area (TPSA) is 87.3 Å². The fourth-order valence-corrected chi connectivity index (χ4v) is 2.48. The highest BCUT2D eigenvalue weighted by molar-refractivity contribution is 5.92. The predicted molar refractivity (Wildman–Crippen MR) is 97.0 cm³/mol. The summed E-state index contributed by atoms with van der Waals surface area (Å²) >= 11 is 0. The van der Waals surface area contributed by atoms with Crippen molar-refractivity contribution in [1.82, 2.24) is 16.0 Å². The van der Waals surface area contributed by atoms with Gasteiger partial charge in [0.1, 0.15) is 0 Å². The molecule has 0 heterocycles. The highest BCUT2D eigenvalue weighted by Crippen LogP contribution is 2.18. The van der Waals surface area contributed by atoms with Crippen molar-refractivity contribution in [3.8, 4) is 0 Å². The summed E-state index contributed by atoms with van der Waals surface area (Å²) in [6, 6.07) is 13.7. The molecule has 0 radical (unpaired) electrons. The van der Waals surface area contributed by atoms with Crippen LogP contribution in [0.2, 0.25) is 0 Å². The summed E-state index contributed by atoms with van der Waals surface area (Å²) in [4.78, 5) is 35.2. The molecule has 6 nitrogen and oxygen atoms in total. The van der Waals surface area contributed by atoms with E-state index >= 15 is 0 Å². The minimum Gasteiger partial charge on any atom is -0.352 e. The minimum absolute atomic E-state index is 0.0183. The Morgan fingerprint density at radius 3 is 2.24 bits per heavy atom. The van der Waals surface area contributed by atoms with E-state index in [1.165, 1.54) is 0 Å². The van der Waals surface area contributed by atoms with E-state index in [0.717, 1.165) is 16.3 Å². The van der Waals surface area contributed by atoms with Gasteiger partial charge in [0.15, 0.2) is 0 Å². The Balaban J connectivity index is 1.80. The molecule has 0 aliphatic heterocycles. The maximum atomic E-state index is 12.1. The van der Waals surface area contributed by atoms with Crippen molar-refractivity contribution in [1.29, 1.82) is 0 Å². The Bertz CT molecular complexity index is 766. The minimum atomic E-state index is -0.398. The molecule has 6 heteroatoms. The molecule has 0 aliphatic rings. The van der Waals surface area contributed by atoms with Gasteiger partial charge in [0, 0.05) is 6.04 Å². The predicted octanol–water partition coefficient (Wildman–Crippen LogP) is 1.14. The molecule has 3 N–H and O–H groups in total. The van der Waals surface area contributed by atoms with Crippen molar-refractivity contribution in [2.75, 3.05) is 13.1 Å². The van der Waals surface area contributed by atoms with Crippen molar-refractivity contribution in [3.63, 3.8) is 0 Å². The zero-order valence-electron chi connectivity index (χ0n) is 14.5. The number of hydrogen-bond donors (Lipinski definition) is 3. The largest absolute Gasteiger partial charge is 0.352 e. The van der Waals surface area contributed by atoms with Crippen LogP contribution >= 0.6 is 0 Å². The van der Waals surface area contributed by atoms with Crippen LogP contribution in [0.5, 0.6) is 0 Å². The highest BCUT2D eigenvalue weighted by atomic mass is 16.2. The van der Waals surface area contributed by atoms with E-state index in [1.54, 1.807) is 0 Å². The van der Waals surface area contributed by atoms with E-state index in [-0.39, 0.29) is 37.4 Å². The van der Waals surface area contributed by atoms with Crippen molar-refractivity contribution in [3.05, 3.63) is 48.0 Å². The van der Waals surface area contributed by atoms with Crippen LogP contribution in [0.3, 0.4) is 0 Å². The molecular weight excluding hydrogens is 318 g/mol. The van der Waals surface area contributed by atoms with E-state index in [0.29, 0.717) is 0 Å². The first kappa shape index (κ1) is 18.4. The van der Waals surface area contributed by atoms with Gasteiger partial charge in [0.2, 0.25) is 17.7 Å². The van der Waals surface area contributed by atoms with Gasteiger partial charge in [-0.2, -0.15) is 0 Å². The lowest BCUT2D eigenvalue weighted by Gasteiger charge is -2.10. The zero-order valence-corrected chi connectivity index (χ0v) is 14.5. The molecule has 0 spiro atoms. The summed E-state index contributed by atoms with van der Waals surface area (Å²) < 4.78 is 0. The summed E-state index contributed by atoms with van der Waals surface area (Å²) in [6.45, 7) is 3.43. The highest BCUT2D eigenvalue weighted by Gasteiger charge is 2.10. The van der Waals surface area contributed by atoms with E-state index in [4.69, 9.17) is 0 Å². The van der Waals surface area contributed by atoms with Gasteiger partial charge >= 0.3 is 0 Å². The summed E-state index contributed by atoms with van der Waals surface area (Å²) in [5.74, 6) is -0.895. The summed E-state index contributed by atoms with van der Waals surface area (Å²) in [7, 11) is 0. The van der Waals surface area contributed by atoms with Gasteiger partial charge in [-0.1, -0.05) is 42.5 Å². The lowest BCUT2D eigenvalue weighted by atomic mass is 10.0. The molecule has 0 aromatic heterocycles. The second kappa shape index (κ2) is 8.82. The first-order valence-corrected chi connectivity index (χ1v) is 8.25. The molecule has 2 rings (SSSR count). The molecule has 3 amide bonds. The van der Waals surface area contributed by atoms with E-state index < -0.39 is 5.91 Å².